The van der Waals surface area contributed by atoms with Crippen LogP contribution < -0.4 is 5.32 Å². The summed E-state index contributed by atoms with van der Waals surface area (Å²) in [6.45, 7) is 4.06. The van der Waals surface area contributed by atoms with Crippen molar-refractivity contribution in [2.45, 2.75) is 6.42 Å². The summed E-state index contributed by atoms with van der Waals surface area (Å²) in [5.41, 5.74) is 0. The van der Waals surface area contributed by atoms with Gasteiger partial charge < -0.3 is 5.32 Å². The number of hydrogen-bond acceptors (Lipinski definition) is 2. The summed E-state index contributed by atoms with van der Waals surface area (Å²) < 4.78 is 0.778. The molecule has 0 aliphatic carbocycles. The summed E-state index contributed by atoms with van der Waals surface area (Å²) in [7, 11) is 0. The van der Waals surface area contributed by atoms with E-state index in [4.69, 9.17) is 0 Å². The van der Waals surface area contributed by atoms with Gasteiger partial charge in [0.05, 0.1) is 0 Å². The van der Waals surface area contributed by atoms with Gasteiger partial charge in [-0.25, -0.2) is 0 Å². The van der Waals surface area contributed by atoms with Crippen molar-refractivity contribution in [2.24, 2.45) is 0 Å². The minimum atomic E-state index is 0.00981. The van der Waals surface area contributed by atoms with Crippen LogP contribution in [0.5, 0.6) is 0 Å². The Hall–Kier alpha value is 0.0400. The fraction of sp³-hybridized carbons (Fsp3) is 0.500. The molecule has 58 valence electrons. The van der Waals surface area contributed by atoms with Crippen LogP contribution in [0, 0.1) is 0 Å². The maximum absolute atomic E-state index is 10.7. The Kier molecular flexibility index (Phi) is 5.82. The van der Waals surface area contributed by atoms with Crippen LogP contribution in [0.3, 0.4) is 0 Å². The summed E-state index contributed by atoms with van der Waals surface area (Å²) >= 11 is 7.04. The highest BCUT2D eigenvalue weighted by molar-refractivity contribution is 9.11. The van der Waals surface area contributed by atoms with Crippen molar-refractivity contribution in [1.29, 1.82) is 0 Å². The van der Waals surface area contributed by atoms with Crippen molar-refractivity contribution in [1.82, 2.24) is 5.32 Å². The summed E-state index contributed by atoms with van der Waals surface area (Å²) in [4.78, 5) is 10.7. The van der Waals surface area contributed by atoms with Gasteiger partial charge in [0.25, 0.3) is 0 Å². The smallest absolute Gasteiger partial charge is 0.221 e. The van der Waals surface area contributed by atoms with Crippen molar-refractivity contribution in [2.75, 3.05) is 12.3 Å². The van der Waals surface area contributed by atoms with Crippen LogP contribution >= 0.6 is 28.6 Å². The number of rotatable bonds is 4. The number of carbonyl (C=O) groups is 1. The molecule has 2 nitrogen and oxygen atoms in total. The van der Waals surface area contributed by atoms with Crippen LogP contribution in [0.1, 0.15) is 6.42 Å². The molecule has 0 saturated heterocycles. The first-order valence-electron chi connectivity index (χ1n) is 2.87. The van der Waals surface area contributed by atoms with Gasteiger partial charge in [-0.1, -0.05) is 22.5 Å². The van der Waals surface area contributed by atoms with Crippen LogP contribution in [0.15, 0.2) is 11.1 Å². The number of hydrogen-bond donors (Lipinski definition) is 2. The molecule has 0 saturated carbocycles. The van der Waals surface area contributed by atoms with Crippen LogP contribution in [0.25, 0.3) is 0 Å². The summed E-state index contributed by atoms with van der Waals surface area (Å²) in [6, 6.07) is 0. The molecule has 1 N–H and O–H groups in total. The largest absolute Gasteiger partial charge is 0.351 e. The third kappa shape index (κ3) is 6.16. The predicted octanol–water partition coefficient (Wildman–Crippen LogP) is 1.33. The lowest BCUT2D eigenvalue weighted by molar-refractivity contribution is -0.120. The number of carbonyl (C=O) groups excluding carboxylic acids is 1. The normalized spacial score (nSPS) is 9.00. The number of halogens is 1. The quantitative estimate of drug-likeness (QED) is 0.693. The number of thiol groups is 1. The molecule has 4 heteroatoms. The molecule has 0 fully saturated rings. The maximum atomic E-state index is 10.7. The van der Waals surface area contributed by atoms with Gasteiger partial charge >= 0.3 is 0 Å². The Morgan fingerprint density at radius 3 is 2.70 bits per heavy atom. The van der Waals surface area contributed by atoms with E-state index in [-0.39, 0.29) is 5.91 Å². The lowest BCUT2D eigenvalue weighted by Gasteiger charge is -2.00. The van der Waals surface area contributed by atoms with E-state index in [1.807, 2.05) is 0 Å². The molecule has 10 heavy (non-hydrogen) atoms. The lowest BCUT2D eigenvalue weighted by Crippen LogP contribution is -2.24. The fourth-order valence-corrected chi connectivity index (χ4v) is 0.728. The Morgan fingerprint density at radius 1 is 1.70 bits per heavy atom. The van der Waals surface area contributed by atoms with E-state index in [2.05, 4.69) is 40.5 Å². The van der Waals surface area contributed by atoms with E-state index in [0.29, 0.717) is 18.7 Å². The van der Waals surface area contributed by atoms with Crippen LogP contribution in [0.4, 0.5) is 0 Å². The van der Waals surface area contributed by atoms with Crippen molar-refractivity contribution in [3.63, 3.8) is 0 Å². The Morgan fingerprint density at radius 2 is 2.30 bits per heavy atom. The minimum Gasteiger partial charge on any atom is -0.351 e. The molecule has 0 aliphatic heterocycles. The second-order valence-electron chi connectivity index (χ2n) is 1.77. The molecule has 0 aromatic carbocycles. The lowest BCUT2D eigenvalue weighted by atomic mass is 10.4. The fourth-order valence-electron chi connectivity index (χ4n) is 0.384. The zero-order valence-electron chi connectivity index (χ0n) is 5.56. The third-order valence-corrected chi connectivity index (χ3v) is 1.32. The molecule has 0 aromatic rings. The standard InChI is InChI=1S/C6H10BrNOS/c1-5(7)4-8-6(9)2-3-10/h10H,1-4H2,(H,8,9). The highest BCUT2D eigenvalue weighted by atomic mass is 79.9. The number of amides is 1. The van der Waals surface area contributed by atoms with Gasteiger partial charge in [0.1, 0.15) is 0 Å². The van der Waals surface area contributed by atoms with Gasteiger partial charge in [-0.2, -0.15) is 12.6 Å². The molecule has 0 aliphatic rings. The summed E-state index contributed by atoms with van der Waals surface area (Å²) in [5, 5.41) is 2.65. The number of nitrogens with one attached hydrogen (secondary N) is 1. The van der Waals surface area contributed by atoms with Gasteiger partial charge in [-0.05, 0) is 5.75 Å². The van der Waals surface area contributed by atoms with E-state index in [1.165, 1.54) is 0 Å². The molecule has 0 bridgehead atoms. The van der Waals surface area contributed by atoms with E-state index in [1.54, 1.807) is 0 Å². The highest BCUT2D eigenvalue weighted by Crippen LogP contribution is 1.96. The summed E-state index contributed by atoms with van der Waals surface area (Å²) in [5.74, 6) is 0.594. The van der Waals surface area contributed by atoms with Gasteiger partial charge in [-0.15, -0.1) is 0 Å². The predicted molar refractivity (Wildman–Crippen MR) is 49.5 cm³/mol. The topological polar surface area (TPSA) is 29.1 Å². The molecular weight excluding hydrogens is 214 g/mol. The molecule has 0 heterocycles. The van der Waals surface area contributed by atoms with Crippen LogP contribution in [-0.2, 0) is 4.79 Å². The van der Waals surface area contributed by atoms with Crippen LogP contribution in [0.2, 0.25) is 0 Å². The monoisotopic (exact) mass is 223 g/mol. The van der Waals surface area contributed by atoms with Gasteiger partial charge in [0.15, 0.2) is 0 Å². The zero-order valence-corrected chi connectivity index (χ0v) is 8.04. The SMILES string of the molecule is C=C(Br)CNC(=O)CCS. The first-order valence-corrected chi connectivity index (χ1v) is 4.30. The molecular formula is C6H10BrNOS. The Balaban J connectivity index is 3.30. The second-order valence-corrected chi connectivity index (χ2v) is 3.34. The molecule has 0 spiro atoms. The van der Waals surface area contributed by atoms with Crippen molar-refractivity contribution in [3.8, 4) is 0 Å². The molecule has 0 atom stereocenters. The van der Waals surface area contributed by atoms with E-state index >= 15 is 0 Å². The first kappa shape index (κ1) is 10.0. The second kappa shape index (κ2) is 5.80. The third-order valence-electron chi connectivity index (χ3n) is 0.816. The van der Waals surface area contributed by atoms with Gasteiger partial charge in [0, 0.05) is 17.4 Å². The minimum absolute atomic E-state index is 0.00981. The van der Waals surface area contributed by atoms with E-state index < -0.39 is 0 Å². The summed E-state index contributed by atoms with van der Waals surface area (Å²) in [6.07, 6.45) is 0.462. The Labute approximate surface area is 74.6 Å². The van der Waals surface area contributed by atoms with Crippen molar-refractivity contribution in [3.05, 3.63) is 11.1 Å². The van der Waals surface area contributed by atoms with Crippen molar-refractivity contribution < 1.29 is 4.79 Å². The maximum Gasteiger partial charge on any atom is 0.221 e. The average Bonchev–Trinajstić information content (AvgIpc) is 1.85. The van der Waals surface area contributed by atoms with Gasteiger partial charge in [-0.3, -0.25) is 4.79 Å². The first-order chi connectivity index (χ1) is 4.66. The van der Waals surface area contributed by atoms with Gasteiger partial charge in [0.2, 0.25) is 5.91 Å². The Bertz CT molecular complexity index is 138. The van der Waals surface area contributed by atoms with E-state index in [0.717, 1.165) is 4.48 Å². The van der Waals surface area contributed by atoms with Crippen molar-refractivity contribution >= 4 is 34.5 Å². The molecule has 0 aromatic heterocycles. The van der Waals surface area contributed by atoms with E-state index in [9.17, 15) is 4.79 Å². The zero-order chi connectivity index (χ0) is 7.98. The molecule has 0 radical (unpaired) electrons. The average molecular weight is 224 g/mol. The highest BCUT2D eigenvalue weighted by Gasteiger charge is 1.97. The molecule has 1 amide bonds. The van der Waals surface area contributed by atoms with Crippen LogP contribution in [-0.4, -0.2) is 18.2 Å². The molecule has 0 unspecified atom stereocenters. The molecule has 0 rings (SSSR count).